The minimum atomic E-state index is -0.201. The van der Waals surface area contributed by atoms with Crippen molar-refractivity contribution in [2.45, 2.75) is 20.3 Å². The molecule has 3 rings (SSSR count). The average Bonchev–Trinajstić information content (AvgIpc) is 2.98. The molecule has 0 aliphatic carbocycles. The Balaban J connectivity index is 1.90. The summed E-state index contributed by atoms with van der Waals surface area (Å²) < 4.78 is 5.52. The van der Waals surface area contributed by atoms with Crippen molar-refractivity contribution in [3.63, 3.8) is 0 Å². The smallest absolute Gasteiger partial charge is 0.264 e. The molecule has 1 fully saturated rings. The predicted molar refractivity (Wildman–Crippen MR) is 115 cm³/mol. The van der Waals surface area contributed by atoms with Gasteiger partial charge in [0.1, 0.15) is 0 Å². The summed E-state index contributed by atoms with van der Waals surface area (Å²) >= 11 is 1.28. The van der Waals surface area contributed by atoms with Crippen LogP contribution >= 0.6 is 11.8 Å². The van der Waals surface area contributed by atoms with Crippen LogP contribution in [0.15, 0.2) is 59.0 Å². The maximum absolute atomic E-state index is 12.4. The van der Waals surface area contributed by atoms with Crippen LogP contribution in [0.5, 0.6) is 11.5 Å². The normalized spacial score (nSPS) is 16.4. The van der Waals surface area contributed by atoms with Gasteiger partial charge in [-0.05, 0) is 73.5 Å². The number of hydrogen-bond acceptors (Lipinski definition) is 5. The summed E-state index contributed by atoms with van der Waals surface area (Å²) in [6.07, 6.45) is 3.99. The molecule has 0 saturated carbocycles. The highest BCUT2D eigenvalue weighted by atomic mass is 32.2. The highest BCUT2D eigenvalue weighted by Crippen LogP contribution is 2.35. The third-order valence-corrected chi connectivity index (χ3v) is 4.93. The van der Waals surface area contributed by atoms with Gasteiger partial charge in [0.05, 0.1) is 17.2 Å². The largest absolute Gasteiger partial charge is 0.504 e. The lowest BCUT2D eigenvalue weighted by molar-refractivity contribution is -0.115. The maximum Gasteiger partial charge on any atom is 0.264 e. The number of nitrogens with zero attached hydrogens (tertiary/aromatic N) is 1. The van der Waals surface area contributed by atoms with Gasteiger partial charge < -0.3 is 15.2 Å². The number of phenolic OH excluding ortho intramolecular Hbond substituents is 1. The number of rotatable bonds is 6. The first-order chi connectivity index (χ1) is 13.5. The summed E-state index contributed by atoms with van der Waals surface area (Å²) in [6.45, 7) is 8.01. The van der Waals surface area contributed by atoms with Crippen molar-refractivity contribution in [1.82, 2.24) is 5.32 Å². The van der Waals surface area contributed by atoms with Crippen LogP contribution in [0.2, 0.25) is 0 Å². The summed E-state index contributed by atoms with van der Waals surface area (Å²) in [7, 11) is 0. The van der Waals surface area contributed by atoms with E-state index in [2.05, 4.69) is 16.9 Å². The van der Waals surface area contributed by atoms with Gasteiger partial charge in [0.25, 0.3) is 5.91 Å². The zero-order valence-corrected chi connectivity index (χ0v) is 16.7. The molecule has 5 nitrogen and oxygen atoms in total. The molecule has 0 bridgehead atoms. The van der Waals surface area contributed by atoms with E-state index >= 15 is 0 Å². The summed E-state index contributed by atoms with van der Waals surface area (Å²) in [5, 5.41) is 13.7. The molecular weight excluding hydrogens is 372 g/mol. The van der Waals surface area contributed by atoms with Gasteiger partial charge in [-0.15, -0.1) is 6.58 Å². The van der Waals surface area contributed by atoms with Crippen LogP contribution in [-0.2, 0) is 11.2 Å². The number of thioether (sulfide) groups is 1. The molecule has 6 heteroatoms. The van der Waals surface area contributed by atoms with Crippen LogP contribution in [0.3, 0.4) is 0 Å². The minimum Gasteiger partial charge on any atom is -0.504 e. The lowest BCUT2D eigenvalue weighted by Crippen LogP contribution is -2.19. The number of benzene rings is 2. The number of amides is 1. The van der Waals surface area contributed by atoms with Crippen LogP contribution in [0.4, 0.5) is 5.69 Å². The Bertz CT molecular complexity index is 980. The molecule has 2 aromatic carbocycles. The van der Waals surface area contributed by atoms with Crippen molar-refractivity contribution in [1.29, 1.82) is 0 Å². The number of hydrogen-bond donors (Lipinski definition) is 2. The number of carbonyl (C=O) groups excluding carboxylic acids is 1. The Morgan fingerprint density at radius 2 is 2.14 bits per heavy atom. The molecule has 1 saturated heterocycles. The van der Waals surface area contributed by atoms with Crippen molar-refractivity contribution in [3.05, 3.63) is 70.6 Å². The van der Waals surface area contributed by atoms with E-state index < -0.39 is 0 Å². The first-order valence-electron chi connectivity index (χ1n) is 8.96. The van der Waals surface area contributed by atoms with E-state index in [0.717, 1.165) is 16.8 Å². The van der Waals surface area contributed by atoms with Gasteiger partial charge in [-0.2, -0.15) is 0 Å². The molecule has 2 aromatic rings. The zero-order valence-electron chi connectivity index (χ0n) is 15.9. The molecule has 28 heavy (non-hydrogen) atoms. The van der Waals surface area contributed by atoms with Crippen LogP contribution in [0.25, 0.3) is 6.08 Å². The molecule has 144 valence electrons. The fourth-order valence-electron chi connectivity index (χ4n) is 2.80. The third kappa shape index (κ3) is 4.64. The first kappa shape index (κ1) is 19.8. The van der Waals surface area contributed by atoms with E-state index in [1.54, 1.807) is 18.2 Å². The summed E-state index contributed by atoms with van der Waals surface area (Å²) in [4.78, 5) is 17.4. The molecule has 0 radical (unpaired) electrons. The molecule has 1 aliphatic heterocycles. The number of allylic oxidation sites excluding steroid dienone is 1. The van der Waals surface area contributed by atoms with Crippen molar-refractivity contribution in [2.24, 2.45) is 4.99 Å². The van der Waals surface area contributed by atoms with Crippen molar-refractivity contribution >= 4 is 34.6 Å². The zero-order chi connectivity index (χ0) is 20.1. The van der Waals surface area contributed by atoms with Gasteiger partial charge in [0.2, 0.25) is 0 Å². The van der Waals surface area contributed by atoms with Crippen LogP contribution < -0.4 is 10.1 Å². The minimum absolute atomic E-state index is 0.106. The molecule has 0 unspecified atom stereocenters. The second kappa shape index (κ2) is 8.80. The Labute approximate surface area is 168 Å². The second-order valence-electron chi connectivity index (χ2n) is 6.27. The molecule has 1 amide bonds. The molecule has 0 atom stereocenters. The molecule has 2 N–H and O–H groups in total. The van der Waals surface area contributed by atoms with E-state index in [1.807, 2.05) is 44.2 Å². The molecule has 1 heterocycles. The standard InChI is InChI=1S/C22H22N2O3S/c1-4-7-16-11-15(12-18(20(16)25)27-5-2)13-19-21(26)24-22(28-19)23-17-9-6-8-14(3)10-17/h4,6,8-13,25H,1,5,7H2,2-3H3,(H,23,24,26)/b19-13-. The van der Waals surface area contributed by atoms with Gasteiger partial charge >= 0.3 is 0 Å². The number of carbonyl (C=O) groups is 1. The van der Waals surface area contributed by atoms with Gasteiger partial charge in [-0.3, -0.25) is 4.79 Å². The number of aryl methyl sites for hydroxylation is 1. The Hall–Kier alpha value is -2.99. The number of aromatic hydroxyl groups is 1. The van der Waals surface area contributed by atoms with E-state index in [4.69, 9.17) is 4.74 Å². The number of aliphatic imine (C=N–C) groups is 1. The number of phenols is 1. The van der Waals surface area contributed by atoms with E-state index in [9.17, 15) is 9.90 Å². The Morgan fingerprint density at radius 1 is 1.32 bits per heavy atom. The summed E-state index contributed by atoms with van der Waals surface area (Å²) in [5.74, 6) is 0.299. The molecule has 0 aromatic heterocycles. The van der Waals surface area contributed by atoms with E-state index in [-0.39, 0.29) is 11.7 Å². The quantitative estimate of drug-likeness (QED) is 0.549. The average molecular weight is 394 g/mol. The Kier molecular flexibility index (Phi) is 6.21. The molecule has 1 aliphatic rings. The highest BCUT2D eigenvalue weighted by Gasteiger charge is 2.24. The fourth-order valence-corrected chi connectivity index (χ4v) is 3.64. The number of amidine groups is 1. The van der Waals surface area contributed by atoms with Crippen LogP contribution in [0.1, 0.15) is 23.6 Å². The van der Waals surface area contributed by atoms with Crippen LogP contribution in [-0.4, -0.2) is 22.8 Å². The summed E-state index contributed by atoms with van der Waals surface area (Å²) in [5.41, 5.74) is 3.37. The van der Waals surface area contributed by atoms with E-state index in [1.165, 1.54) is 11.8 Å². The molecular formula is C22H22N2O3S. The monoisotopic (exact) mass is 394 g/mol. The van der Waals surface area contributed by atoms with Gasteiger partial charge in [-0.1, -0.05) is 18.2 Å². The molecule has 0 spiro atoms. The summed E-state index contributed by atoms with van der Waals surface area (Å²) in [6, 6.07) is 11.3. The van der Waals surface area contributed by atoms with E-state index in [0.29, 0.717) is 34.4 Å². The first-order valence-corrected chi connectivity index (χ1v) is 9.77. The van der Waals surface area contributed by atoms with Crippen molar-refractivity contribution in [2.75, 3.05) is 6.61 Å². The third-order valence-electron chi connectivity index (χ3n) is 4.02. The lowest BCUT2D eigenvalue weighted by Gasteiger charge is -2.11. The van der Waals surface area contributed by atoms with Gasteiger partial charge in [-0.25, -0.2) is 4.99 Å². The topological polar surface area (TPSA) is 70.9 Å². The maximum atomic E-state index is 12.4. The Morgan fingerprint density at radius 3 is 2.86 bits per heavy atom. The number of ether oxygens (including phenoxy) is 1. The SMILES string of the molecule is C=CCc1cc(/C=C2\SC(=Nc3cccc(C)c3)NC2=O)cc(OCC)c1O. The van der Waals surface area contributed by atoms with Gasteiger partial charge in [0.15, 0.2) is 16.7 Å². The van der Waals surface area contributed by atoms with Gasteiger partial charge in [0, 0.05) is 5.56 Å². The van der Waals surface area contributed by atoms with Crippen LogP contribution in [0, 0.1) is 6.92 Å². The lowest BCUT2D eigenvalue weighted by atomic mass is 10.1. The predicted octanol–water partition coefficient (Wildman–Crippen LogP) is 4.72. The van der Waals surface area contributed by atoms with Crippen molar-refractivity contribution < 1.29 is 14.6 Å². The van der Waals surface area contributed by atoms with Crippen molar-refractivity contribution in [3.8, 4) is 11.5 Å². The fraction of sp³-hybridized carbons (Fsp3) is 0.182. The highest BCUT2D eigenvalue weighted by molar-refractivity contribution is 8.18. The second-order valence-corrected chi connectivity index (χ2v) is 7.30. The number of nitrogens with one attached hydrogen (secondary N) is 1.